The van der Waals surface area contributed by atoms with Gasteiger partial charge in [0.25, 0.3) is 0 Å². The lowest BCUT2D eigenvalue weighted by molar-refractivity contribution is 0.529. The van der Waals surface area contributed by atoms with Crippen molar-refractivity contribution in [1.82, 2.24) is 5.32 Å². The van der Waals surface area contributed by atoms with Crippen molar-refractivity contribution in [3.8, 4) is 0 Å². The summed E-state index contributed by atoms with van der Waals surface area (Å²) in [5, 5.41) is 8.30. The van der Waals surface area contributed by atoms with E-state index in [0.717, 1.165) is 24.9 Å². The molecule has 2 nitrogen and oxygen atoms in total. The van der Waals surface area contributed by atoms with Crippen LogP contribution in [0.5, 0.6) is 0 Å². The highest BCUT2D eigenvalue weighted by Gasteiger charge is 2.20. The van der Waals surface area contributed by atoms with Crippen LogP contribution in [0, 0.1) is 0 Å². The second-order valence-corrected chi connectivity index (χ2v) is 6.62. The molecule has 1 aliphatic carbocycles. The molecule has 0 spiro atoms. The van der Waals surface area contributed by atoms with Gasteiger partial charge in [0.15, 0.2) is 5.11 Å². The van der Waals surface area contributed by atoms with Crippen LogP contribution >= 0.6 is 35.4 Å². The Morgan fingerprint density at radius 3 is 2.82 bits per heavy atom. The van der Waals surface area contributed by atoms with E-state index in [9.17, 15) is 0 Å². The summed E-state index contributed by atoms with van der Waals surface area (Å²) in [6.07, 6.45) is 3.37. The molecule has 0 radical (unpaired) electrons. The number of hydrogen-bond donors (Lipinski definition) is 2. The summed E-state index contributed by atoms with van der Waals surface area (Å²) >= 11 is 17.6. The number of anilines is 1. The summed E-state index contributed by atoms with van der Waals surface area (Å²) < 4.78 is 0. The summed E-state index contributed by atoms with van der Waals surface area (Å²) in [5.41, 5.74) is 3.45. The summed E-state index contributed by atoms with van der Waals surface area (Å²) in [6.45, 7) is 0. The van der Waals surface area contributed by atoms with Gasteiger partial charge in [-0.1, -0.05) is 47.5 Å². The second kappa shape index (κ2) is 6.86. The Labute approximate surface area is 145 Å². The molecular weight excluding hydrogens is 335 g/mol. The Hall–Kier alpha value is -1.29. The van der Waals surface area contributed by atoms with E-state index in [0.29, 0.717) is 15.2 Å². The van der Waals surface area contributed by atoms with Crippen molar-refractivity contribution < 1.29 is 0 Å². The average molecular weight is 351 g/mol. The molecule has 2 aromatic rings. The van der Waals surface area contributed by atoms with Gasteiger partial charge in [-0.05, 0) is 60.8 Å². The lowest BCUT2D eigenvalue weighted by Gasteiger charge is -2.27. The monoisotopic (exact) mass is 350 g/mol. The molecule has 0 fully saturated rings. The standard InChI is InChI=1S/C17H16Cl2N2S/c18-12-8-9-14(19)16(10-12)21-17(22)20-15-7-3-5-11-4-1-2-6-13(11)15/h1-2,4,6,8-10,15H,3,5,7H2,(H2,20,21,22). The first-order chi connectivity index (χ1) is 10.6. The Bertz CT molecular complexity index is 703. The average Bonchev–Trinajstić information content (AvgIpc) is 2.51. The van der Waals surface area contributed by atoms with Gasteiger partial charge >= 0.3 is 0 Å². The molecule has 1 atom stereocenters. The third-order valence-corrected chi connectivity index (χ3v) is 4.64. The molecule has 0 saturated heterocycles. The van der Waals surface area contributed by atoms with E-state index in [2.05, 4.69) is 34.9 Å². The fraction of sp³-hybridized carbons (Fsp3) is 0.235. The SMILES string of the molecule is S=C(Nc1cc(Cl)ccc1Cl)NC1CCCc2ccccc21. The van der Waals surface area contributed by atoms with E-state index in [1.165, 1.54) is 11.1 Å². The minimum Gasteiger partial charge on any atom is -0.356 e. The molecule has 0 aliphatic heterocycles. The fourth-order valence-corrected chi connectivity index (χ4v) is 3.40. The highest BCUT2D eigenvalue weighted by Crippen LogP contribution is 2.30. The summed E-state index contributed by atoms with van der Waals surface area (Å²) in [7, 11) is 0. The number of nitrogens with one attached hydrogen (secondary N) is 2. The van der Waals surface area contributed by atoms with Crippen molar-refractivity contribution in [2.24, 2.45) is 0 Å². The minimum absolute atomic E-state index is 0.239. The van der Waals surface area contributed by atoms with Crippen LogP contribution in [0.2, 0.25) is 10.0 Å². The Kier molecular flexibility index (Phi) is 4.87. The van der Waals surface area contributed by atoms with Crippen molar-refractivity contribution >= 4 is 46.2 Å². The van der Waals surface area contributed by atoms with Crippen molar-refractivity contribution in [2.75, 3.05) is 5.32 Å². The van der Waals surface area contributed by atoms with Gasteiger partial charge in [-0.3, -0.25) is 0 Å². The maximum absolute atomic E-state index is 6.16. The number of aryl methyl sites for hydroxylation is 1. The Balaban J connectivity index is 1.72. The lowest BCUT2D eigenvalue weighted by Crippen LogP contribution is -2.34. The molecule has 0 heterocycles. The minimum atomic E-state index is 0.239. The van der Waals surface area contributed by atoms with E-state index < -0.39 is 0 Å². The normalized spacial score (nSPS) is 16.7. The lowest BCUT2D eigenvalue weighted by atomic mass is 9.88. The smallest absolute Gasteiger partial charge is 0.171 e. The predicted molar refractivity (Wildman–Crippen MR) is 97.9 cm³/mol. The van der Waals surface area contributed by atoms with Crippen LogP contribution in [0.15, 0.2) is 42.5 Å². The van der Waals surface area contributed by atoms with Crippen LogP contribution in [-0.4, -0.2) is 5.11 Å². The molecule has 1 aliphatic rings. The predicted octanol–water partition coefficient (Wildman–Crippen LogP) is 5.36. The first-order valence-corrected chi connectivity index (χ1v) is 8.40. The maximum atomic E-state index is 6.16. The van der Waals surface area contributed by atoms with Crippen LogP contribution in [0.4, 0.5) is 5.69 Å². The van der Waals surface area contributed by atoms with Crippen molar-refractivity contribution in [2.45, 2.75) is 25.3 Å². The van der Waals surface area contributed by atoms with Gasteiger partial charge in [-0.25, -0.2) is 0 Å². The van der Waals surface area contributed by atoms with Gasteiger partial charge in [0.1, 0.15) is 0 Å². The van der Waals surface area contributed by atoms with E-state index in [4.69, 9.17) is 35.4 Å². The summed E-state index contributed by atoms with van der Waals surface area (Å²) in [5.74, 6) is 0. The van der Waals surface area contributed by atoms with E-state index in [1.54, 1.807) is 18.2 Å². The molecule has 0 aromatic heterocycles. The van der Waals surface area contributed by atoms with Gasteiger partial charge in [-0.2, -0.15) is 0 Å². The molecular formula is C17H16Cl2N2S. The number of rotatable bonds is 2. The van der Waals surface area contributed by atoms with E-state index in [-0.39, 0.29) is 6.04 Å². The summed E-state index contributed by atoms with van der Waals surface area (Å²) in [6, 6.07) is 14.0. The Morgan fingerprint density at radius 2 is 1.95 bits per heavy atom. The van der Waals surface area contributed by atoms with Crippen LogP contribution < -0.4 is 10.6 Å². The number of halogens is 2. The third kappa shape index (κ3) is 3.54. The molecule has 3 rings (SSSR count). The molecule has 2 aromatic carbocycles. The largest absolute Gasteiger partial charge is 0.356 e. The van der Waals surface area contributed by atoms with Crippen LogP contribution in [0.1, 0.15) is 30.0 Å². The number of fused-ring (bicyclic) bond motifs is 1. The zero-order valence-electron chi connectivity index (χ0n) is 11.9. The number of hydrogen-bond acceptors (Lipinski definition) is 1. The van der Waals surface area contributed by atoms with Crippen LogP contribution in [0.3, 0.4) is 0 Å². The highest BCUT2D eigenvalue weighted by molar-refractivity contribution is 7.80. The topological polar surface area (TPSA) is 24.1 Å². The van der Waals surface area contributed by atoms with Gasteiger partial charge < -0.3 is 10.6 Å². The number of thiocarbonyl (C=S) groups is 1. The second-order valence-electron chi connectivity index (χ2n) is 5.37. The molecule has 114 valence electrons. The molecule has 2 N–H and O–H groups in total. The van der Waals surface area contributed by atoms with E-state index in [1.807, 2.05) is 0 Å². The van der Waals surface area contributed by atoms with Crippen molar-refractivity contribution in [3.05, 3.63) is 63.6 Å². The number of benzene rings is 2. The van der Waals surface area contributed by atoms with E-state index >= 15 is 0 Å². The first-order valence-electron chi connectivity index (χ1n) is 7.24. The van der Waals surface area contributed by atoms with Crippen LogP contribution in [-0.2, 0) is 6.42 Å². The van der Waals surface area contributed by atoms with Crippen molar-refractivity contribution in [3.63, 3.8) is 0 Å². The maximum Gasteiger partial charge on any atom is 0.171 e. The molecule has 22 heavy (non-hydrogen) atoms. The molecule has 0 saturated carbocycles. The fourth-order valence-electron chi connectivity index (χ4n) is 2.81. The molecule has 1 unspecified atom stereocenters. The van der Waals surface area contributed by atoms with Crippen LogP contribution in [0.25, 0.3) is 0 Å². The van der Waals surface area contributed by atoms with Gasteiger partial charge in [0.05, 0.1) is 16.8 Å². The molecule has 0 bridgehead atoms. The van der Waals surface area contributed by atoms with Gasteiger partial charge in [0.2, 0.25) is 0 Å². The Morgan fingerprint density at radius 1 is 1.14 bits per heavy atom. The van der Waals surface area contributed by atoms with Gasteiger partial charge in [0, 0.05) is 5.02 Å². The zero-order chi connectivity index (χ0) is 15.5. The zero-order valence-corrected chi connectivity index (χ0v) is 14.2. The van der Waals surface area contributed by atoms with Crippen molar-refractivity contribution in [1.29, 1.82) is 0 Å². The quantitative estimate of drug-likeness (QED) is 0.713. The van der Waals surface area contributed by atoms with Gasteiger partial charge in [-0.15, -0.1) is 0 Å². The summed E-state index contributed by atoms with van der Waals surface area (Å²) in [4.78, 5) is 0. The molecule has 0 amide bonds. The first kappa shape index (κ1) is 15.6. The highest BCUT2D eigenvalue weighted by atomic mass is 35.5. The third-order valence-electron chi connectivity index (χ3n) is 3.85. The molecule has 5 heteroatoms.